The molecule has 0 amide bonds. The van der Waals surface area contributed by atoms with Crippen LogP contribution in [-0.4, -0.2) is 11.1 Å². The van der Waals surface area contributed by atoms with Crippen LogP contribution in [0.2, 0.25) is 5.02 Å². The molecule has 0 atom stereocenters. The quantitative estimate of drug-likeness (QED) is 0.875. The molecule has 92 valence electrons. The molecule has 0 radical (unpaired) electrons. The second-order valence-electron chi connectivity index (χ2n) is 4.55. The zero-order valence-electron chi connectivity index (χ0n) is 9.38. The molecular weight excluding hydrogens is 243 g/mol. The fraction of sp³-hybridized carbons (Fsp3) is 0.462. The summed E-state index contributed by atoms with van der Waals surface area (Å²) < 4.78 is 13.4. The minimum Gasteiger partial charge on any atom is -0.481 e. The lowest BCUT2D eigenvalue weighted by Gasteiger charge is -2.34. The second-order valence-corrected chi connectivity index (χ2v) is 4.93. The van der Waals surface area contributed by atoms with Crippen molar-refractivity contribution in [1.29, 1.82) is 0 Å². The van der Waals surface area contributed by atoms with Gasteiger partial charge in [-0.05, 0) is 24.5 Å². The molecule has 1 saturated carbocycles. The van der Waals surface area contributed by atoms with E-state index < -0.39 is 17.2 Å². The van der Waals surface area contributed by atoms with Gasteiger partial charge in [0, 0.05) is 0 Å². The highest BCUT2D eigenvalue weighted by Gasteiger charge is 2.43. The Hall–Kier alpha value is -1.09. The van der Waals surface area contributed by atoms with Gasteiger partial charge in [0.25, 0.3) is 0 Å². The lowest BCUT2D eigenvalue weighted by Crippen LogP contribution is -2.38. The van der Waals surface area contributed by atoms with Crippen molar-refractivity contribution in [2.75, 3.05) is 0 Å². The molecule has 1 aliphatic rings. The molecule has 2 rings (SSSR count). The number of carboxylic acids is 1. The Morgan fingerprint density at radius 1 is 1.29 bits per heavy atom. The largest absolute Gasteiger partial charge is 0.481 e. The number of carboxylic acid groups (broad SMARTS) is 1. The van der Waals surface area contributed by atoms with E-state index in [1.165, 1.54) is 12.1 Å². The standard InChI is InChI=1S/C13H14ClFO2/c14-11-9(5-4-6-10(11)15)13(12(16)17)7-2-1-3-8-13/h4-6H,1-3,7-8H2,(H,16,17). The van der Waals surface area contributed by atoms with Crippen molar-refractivity contribution < 1.29 is 14.3 Å². The molecule has 0 saturated heterocycles. The third-order valence-corrected chi connectivity index (χ3v) is 3.97. The molecule has 17 heavy (non-hydrogen) atoms. The first-order valence-electron chi connectivity index (χ1n) is 5.76. The monoisotopic (exact) mass is 256 g/mol. The van der Waals surface area contributed by atoms with Crippen LogP contribution in [0.4, 0.5) is 4.39 Å². The second kappa shape index (κ2) is 4.65. The summed E-state index contributed by atoms with van der Waals surface area (Å²) in [6, 6.07) is 4.41. The molecule has 1 aromatic rings. The van der Waals surface area contributed by atoms with Crippen LogP contribution in [0.15, 0.2) is 18.2 Å². The highest BCUT2D eigenvalue weighted by Crippen LogP contribution is 2.43. The zero-order valence-corrected chi connectivity index (χ0v) is 10.1. The lowest BCUT2D eigenvalue weighted by molar-refractivity contribution is -0.145. The number of rotatable bonds is 2. The van der Waals surface area contributed by atoms with Crippen molar-refractivity contribution in [2.24, 2.45) is 0 Å². The molecule has 1 aliphatic carbocycles. The van der Waals surface area contributed by atoms with Gasteiger partial charge in [0.2, 0.25) is 0 Å². The average Bonchev–Trinajstić information content (AvgIpc) is 2.33. The van der Waals surface area contributed by atoms with E-state index in [0.717, 1.165) is 19.3 Å². The van der Waals surface area contributed by atoms with Gasteiger partial charge in [-0.25, -0.2) is 4.39 Å². The van der Waals surface area contributed by atoms with E-state index in [1.54, 1.807) is 6.07 Å². The smallest absolute Gasteiger partial charge is 0.314 e. The summed E-state index contributed by atoms with van der Waals surface area (Å²) in [5, 5.41) is 9.43. The lowest BCUT2D eigenvalue weighted by atomic mass is 9.69. The van der Waals surface area contributed by atoms with Crippen LogP contribution >= 0.6 is 11.6 Å². The summed E-state index contributed by atoms with van der Waals surface area (Å²) in [4.78, 5) is 11.6. The number of halogens is 2. The first kappa shape index (κ1) is 12.4. The number of aliphatic carboxylic acids is 1. The van der Waals surface area contributed by atoms with Crippen LogP contribution in [0.5, 0.6) is 0 Å². The molecule has 0 aliphatic heterocycles. The molecular formula is C13H14ClFO2. The molecule has 0 bridgehead atoms. The first-order chi connectivity index (χ1) is 8.08. The van der Waals surface area contributed by atoms with Crippen molar-refractivity contribution in [2.45, 2.75) is 37.5 Å². The molecule has 0 aromatic heterocycles. The van der Waals surface area contributed by atoms with Crippen LogP contribution in [-0.2, 0) is 10.2 Å². The van der Waals surface area contributed by atoms with Crippen LogP contribution < -0.4 is 0 Å². The van der Waals surface area contributed by atoms with E-state index in [1.807, 2.05) is 0 Å². The van der Waals surface area contributed by atoms with Crippen LogP contribution in [0, 0.1) is 5.82 Å². The maximum absolute atomic E-state index is 13.4. The number of carbonyl (C=O) groups is 1. The SMILES string of the molecule is O=C(O)C1(c2cccc(F)c2Cl)CCCCC1. The first-order valence-corrected chi connectivity index (χ1v) is 6.13. The number of hydrogen-bond acceptors (Lipinski definition) is 1. The van der Waals surface area contributed by atoms with Gasteiger partial charge in [-0.3, -0.25) is 4.79 Å². The summed E-state index contributed by atoms with van der Waals surface area (Å²) in [5.41, 5.74) is -0.580. The minimum atomic E-state index is -1.00. The molecule has 1 aromatic carbocycles. The van der Waals surface area contributed by atoms with E-state index in [0.29, 0.717) is 18.4 Å². The fourth-order valence-corrected chi connectivity index (χ4v) is 2.93. The molecule has 0 heterocycles. The number of benzene rings is 1. The van der Waals surface area contributed by atoms with Gasteiger partial charge in [-0.15, -0.1) is 0 Å². The van der Waals surface area contributed by atoms with Crippen LogP contribution in [0.25, 0.3) is 0 Å². The number of hydrogen-bond donors (Lipinski definition) is 1. The Bertz CT molecular complexity index is 439. The van der Waals surface area contributed by atoms with Gasteiger partial charge in [0.05, 0.1) is 10.4 Å². The zero-order chi connectivity index (χ0) is 12.5. The van der Waals surface area contributed by atoms with Crippen molar-refractivity contribution in [1.82, 2.24) is 0 Å². The maximum atomic E-state index is 13.4. The Labute approximate surface area is 104 Å². The molecule has 1 N–H and O–H groups in total. The highest BCUT2D eigenvalue weighted by molar-refractivity contribution is 6.31. The molecule has 0 spiro atoms. The summed E-state index contributed by atoms with van der Waals surface area (Å²) in [6.07, 6.45) is 3.79. The summed E-state index contributed by atoms with van der Waals surface area (Å²) in [6.45, 7) is 0. The minimum absolute atomic E-state index is 0.0446. The fourth-order valence-electron chi connectivity index (χ4n) is 2.63. The topological polar surface area (TPSA) is 37.3 Å². The van der Waals surface area contributed by atoms with E-state index >= 15 is 0 Å². The van der Waals surface area contributed by atoms with Gasteiger partial charge >= 0.3 is 5.97 Å². The Morgan fingerprint density at radius 3 is 2.53 bits per heavy atom. The van der Waals surface area contributed by atoms with Crippen LogP contribution in [0.3, 0.4) is 0 Å². The van der Waals surface area contributed by atoms with Crippen molar-refractivity contribution >= 4 is 17.6 Å². The Morgan fingerprint density at radius 2 is 1.94 bits per heavy atom. The summed E-state index contributed by atoms with van der Waals surface area (Å²) >= 11 is 5.92. The maximum Gasteiger partial charge on any atom is 0.314 e. The van der Waals surface area contributed by atoms with Crippen molar-refractivity contribution in [3.8, 4) is 0 Å². The van der Waals surface area contributed by atoms with E-state index in [-0.39, 0.29) is 5.02 Å². The van der Waals surface area contributed by atoms with Crippen molar-refractivity contribution in [3.05, 3.63) is 34.6 Å². The van der Waals surface area contributed by atoms with E-state index in [4.69, 9.17) is 11.6 Å². The molecule has 4 heteroatoms. The van der Waals surface area contributed by atoms with Gasteiger partial charge in [-0.1, -0.05) is 43.0 Å². The van der Waals surface area contributed by atoms with Crippen LogP contribution in [0.1, 0.15) is 37.7 Å². The molecule has 1 fully saturated rings. The van der Waals surface area contributed by atoms with Gasteiger partial charge in [0.15, 0.2) is 0 Å². The summed E-state index contributed by atoms with van der Waals surface area (Å²) in [5.74, 6) is -1.44. The highest BCUT2D eigenvalue weighted by atomic mass is 35.5. The van der Waals surface area contributed by atoms with Crippen molar-refractivity contribution in [3.63, 3.8) is 0 Å². The van der Waals surface area contributed by atoms with E-state index in [9.17, 15) is 14.3 Å². The van der Waals surface area contributed by atoms with E-state index in [2.05, 4.69) is 0 Å². The van der Waals surface area contributed by atoms with Gasteiger partial charge in [0.1, 0.15) is 5.82 Å². The molecule has 0 unspecified atom stereocenters. The third-order valence-electron chi connectivity index (χ3n) is 3.58. The van der Waals surface area contributed by atoms with Gasteiger partial charge < -0.3 is 5.11 Å². The normalized spacial score (nSPS) is 18.9. The molecule has 2 nitrogen and oxygen atoms in total. The Balaban J connectivity index is 2.53. The predicted molar refractivity (Wildman–Crippen MR) is 63.8 cm³/mol. The van der Waals surface area contributed by atoms with Gasteiger partial charge in [-0.2, -0.15) is 0 Å². The summed E-state index contributed by atoms with van der Waals surface area (Å²) in [7, 11) is 0. The predicted octanol–water partition coefficient (Wildman–Crippen LogP) is 3.77. The third kappa shape index (κ3) is 2.04. The average molecular weight is 257 g/mol. The Kier molecular flexibility index (Phi) is 3.38.